The minimum absolute atomic E-state index is 0.0165. The predicted octanol–water partition coefficient (Wildman–Crippen LogP) is 0.716. The summed E-state index contributed by atoms with van der Waals surface area (Å²) < 4.78 is 12.7. The minimum Gasteiger partial charge on any atom is -0.450 e. The quantitative estimate of drug-likeness (QED) is 0.596. The summed E-state index contributed by atoms with van der Waals surface area (Å²) in [5.74, 6) is -0.591. The molecule has 0 aliphatic heterocycles. The third-order valence-electron chi connectivity index (χ3n) is 1.12. The van der Waals surface area contributed by atoms with Crippen LogP contribution in [0.3, 0.4) is 0 Å². The van der Waals surface area contributed by atoms with Crippen LogP contribution in [0.25, 0.3) is 0 Å². The Bertz CT molecular complexity index is 241. The second-order valence-corrected chi connectivity index (χ2v) is 2.18. The highest BCUT2D eigenvalue weighted by Crippen LogP contribution is 2.09. The van der Waals surface area contributed by atoms with E-state index in [1.54, 1.807) is 6.07 Å². The molecule has 1 nitrogen and oxygen atoms in total. The zero-order chi connectivity index (χ0) is 7.56. The first kappa shape index (κ1) is 7.57. The zero-order valence-electron chi connectivity index (χ0n) is 5.01. The molecule has 0 saturated heterocycles. The van der Waals surface area contributed by atoms with Crippen LogP contribution in [0.15, 0.2) is 18.2 Å². The van der Waals surface area contributed by atoms with Gasteiger partial charge in [-0.15, -0.1) is 0 Å². The van der Waals surface area contributed by atoms with Gasteiger partial charge in [-0.25, -0.2) is 4.39 Å². The van der Waals surface area contributed by atoms with Crippen LogP contribution in [-0.2, 0) is 0 Å². The average molecular weight is 157 g/mol. The fraction of sp³-hybridized carbons (Fsp3) is 0. The number of hydrogen-bond acceptors (Lipinski definition) is 1. The maximum atomic E-state index is 12.7. The van der Waals surface area contributed by atoms with Crippen molar-refractivity contribution in [2.75, 3.05) is 0 Å². The molecule has 51 valence electrons. The molecule has 0 aliphatic rings. The van der Waals surface area contributed by atoms with E-state index in [9.17, 15) is 4.39 Å². The van der Waals surface area contributed by atoms with E-state index in [1.807, 2.05) is 0 Å². The standard InChI is InChI=1S/C6H4BClFO/c8-5-3-1-2-4(7-10)6(5)9/h1-3,10H. The molecule has 0 aliphatic carbocycles. The van der Waals surface area contributed by atoms with Gasteiger partial charge < -0.3 is 5.02 Å². The lowest BCUT2D eigenvalue weighted by Crippen LogP contribution is -2.17. The normalized spacial score (nSPS) is 9.50. The van der Waals surface area contributed by atoms with E-state index in [2.05, 4.69) is 0 Å². The fourth-order valence-corrected chi connectivity index (χ4v) is 0.802. The number of rotatable bonds is 1. The summed E-state index contributed by atoms with van der Waals surface area (Å²) in [6, 6.07) is 4.42. The number of benzene rings is 1. The van der Waals surface area contributed by atoms with Crippen LogP contribution in [0.5, 0.6) is 0 Å². The first-order valence-electron chi connectivity index (χ1n) is 2.67. The summed E-state index contributed by atoms with van der Waals surface area (Å²) in [4.78, 5) is 0. The molecule has 1 aromatic rings. The fourth-order valence-electron chi connectivity index (χ4n) is 0.620. The van der Waals surface area contributed by atoms with Crippen molar-refractivity contribution in [1.29, 1.82) is 0 Å². The summed E-state index contributed by atoms with van der Waals surface area (Å²) in [5.41, 5.74) is 0.104. The lowest BCUT2D eigenvalue weighted by molar-refractivity contribution is 0.602. The van der Waals surface area contributed by atoms with Crippen molar-refractivity contribution in [3.63, 3.8) is 0 Å². The Balaban J connectivity index is 3.14. The van der Waals surface area contributed by atoms with Crippen LogP contribution in [0.2, 0.25) is 5.02 Å². The molecule has 0 spiro atoms. The van der Waals surface area contributed by atoms with Crippen LogP contribution >= 0.6 is 11.6 Å². The van der Waals surface area contributed by atoms with Gasteiger partial charge in [-0.1, -0.05) is 23.7 Å². The van der Waals surface area contributed by atoms with Crippen LogP contribution in [0, 0.1) is 5.82 Å². The predicted molar refractivity (Wildman–Crippen MR) is 39.0 cm³/mol. The summed E-state index contributed by atoms with van der Waals surface area (Å²) in [6.45, 7) is 0. The molecule has 1 radical (unpaired) electrons. The van der Waals surface area contributed by atoms with Crippen molar-refractivity contribution >= 4 is 24.5 Å². The molecule has 1 rings (SSSR count). The van der Waals surface area contributed by atoms with Gasteiger partial charge >= 0.3 is 7.48 Å². The summed E-state index contributed by atoms with van der Waals surface area (Å²) in [6.07, 6.45) is 0. The maximum absolute atomic E-state index is 12.7. The molecule has 0 saturated carbocycles. The molecule has 0 aromatic heterocycles. The molecule has 0 bridgehead atoms. The molecular weight excluding hydrogens is 153 g/mol. The van der Waals surface area contributed by atoms with Crippen molar-refractivity contribution in [3.8, 4) is 0 Å². The van der Waals surface area contributed by atoms with Gasteiger partial charge in [0.2, 0.25) is 0 Å². The van der Waals surface area contributed by atoms with Crippen molar-refractivity contribution in [2.24, 2.45) is 0 Å². The van der Waals surface area contributed by atoms with Gasteiger partial charge in [0.05, 0.1) is 5.02 Å². The second-order valence-electron chi connectivity index (χ2n) is 1.77. The Kier molecular flexibility index (Phi) is 2.30. The lowest BCUT2D eigenvalue weighted by Gasteiger charge is -1.96. The molecule has 4 heteroatoms. The maximum Gasteiger partial charge on any atom is 0.329 e. The first-order chi connectivity index (χ1) is 4.75. The molecule has 0 heterocycles. The van der Waals surface area contributed by atoms with Gasteiger partial charge in [-0.3, -0.25) is 0 Å². The molecule has 0 amide bonds. The average Bonchev–Trinajstić information content (AvgIpc) is 1.95. The van der Waals surface area contributed by atoms with E-state index >= 15 is 0 Å². The highest BCUT2D eigenvalue weighted by atomic mass is 35.5. The van der Waals surface area contributed by atoms with Gasteiger partial charge in [-0.2, -0.15) is 0 Å². The van der Waals surface area contributed by atoms with Gasteiger partial charge in [-0.05, 0) is 11.5 Å². The largest absolute Gasteiger partial charge is 0.450 e. The van der Waals surface area contributed by atoms with Crippen molar-refractivity contribution in [1.82, 2.24) is 0 Å². The number of halogens is 2. The van der Waals surface area contributed by atoms with Crippen LogP contribution in [-0.4, -0.2) is 12.5 Å². The Morgan fingerprint density at radius 1 is 1.50 bits per heavy atom. The topological polar surface area (TPSA) is 20.2 Å². The van der Waals surface area contributed by atoms with E-state index in [0.29, 0.717) is 7.48 Å². The van der Waals surface area contributed by atoms with E-state index in [0.717, 1.165) is 0 Å². The number of hydrogen-bond donors (Lipinski definition) is 1. The van der Waals surface area contributed by atoms with Crippen LogP contribution in [0.4, 0.5) is 4.39 Å². The second kappa shape index (κ2) is 3.04. The van der Waals surface area contributed by atoms with E-state index in [4.69, 9.17) is 16.6 Å². The minimum atomic E-state index is -0.591. The van der Waals surface area contributed by atoms with Gasteiger partial charge in [0.1, 0.15) is 5.82 Å². The highest BCUT2D eigenvalue weighted by Gasteiger charge is 2.04. The molecule has 1 N–H and O–H groups in total. The molecule has 1 aromatic carbocycles. The Labute approximate surface area is 63.7 Å². The van der Waals surface area contributed by atoms with Crippen LogP contribution in [0.1, 0.15) is 0 Å². The summed E-state index contributed by atoms with van der Waals surface area (Å²) in [7, 11) is 0.682. The van der Waals surface area contributed by atoms with Crippen LogP contribution < -0.4 is 5.46 Å². The smallest absolute Gasteiger partial charge is 0.329 e. The molecule has 10 heavy (non-hydrogen) atoms. The zero-order valence-corrected chi connectivity index (χ0v) is 5.77. The van der Waals surface area contributed by atoms with Crippen molar-refractivity contribution in [3.05, 3.63) is 29.0 Å². The van der Waals surface area contributed by atoms with Gasteiger partial charge in [0, 0.05) is 0 Å². The molecule has 0 atom stereocenters. The lowest BCUT2D eigenvalue weighted by atomic mass is 9.88. The summed E-state index contributed by atoms with van der Waals surface area (Å²) >= 11 is 5.39. The summed E-state index contributed by atoms with van der Waals surface area (Å²) in [5, 5.41) is 8.44. The third-order valence-corrected chi connectivity index (χ3v) is 1.41. The Morgan fingerprint density at radius 2 is 2.20 bits per heavy atom. The monoisotopic (exact) mass is 157 g/mol. The van der Waals surface area contributed by atoms with Gasteiger partial charge in [0.15, 0.2) is 0 Å². The SMILES string of the molecule is O[B]c1cccc(Cl)c1F. The van der Waals surface area contributed by atoms with Gasteiger partial charge in [0.25, 0.3) is 0 Å². The van der Waals surface area contributed by atoms with E-state index < -0.39 is 5.82 Å². The Hall–Kier alpha value is -0.535. The van der Waals surface area contributed by atoms with E-state index in [-0.39, 0.29) is 10.5 Å². The molecule has 0 unspecified atom stereocenters. The molecular formula is C6H4BClFO. The Morgan fingerprint density at radius 3 is 2.70 bits per heavy atom. The first-order valence-corrected chi connectivity index (χ1v) is 3.05. The van der Waals surface area contributed by atoms with E-state index in [1.165, 1.54) is 12.1 Å². The molecule has 0 fully saturated rings. The third kappa shape index (κ3) is 1.30. The van der Waals surface area contributed by atoms with Crippen molar-refractivity contribution < 1.29 is 9.41 Å². The van der Waals surface area contributed by atoms with Crippen molar-refractivity contribution in [2.45, 2.75) is 0 Å². The highest BCUT2D eigenvalue weighted by molar-refractivity contribution is 6.46.